The van der Waals surface area contributed by atoms with Crippen LogP contribution in [0.25, 0.3) is 0 Å². The number of halogens is 3. The Morgan fingerprint density at radius 1 is 1.07 bits per heavy atom. The number of aliphatic hydroxyl groups excluding tert-OH is 2. The predicted molar refractivity (Wildman–Crippen MR) is 162 cm³/mol. The van der Waals surface area contributed by atoms with E-state index in [1.807, 2.05) is 4.90 Å². The van der Waals surface area contributed by atoms with Crippen LogP contribution in [0.3, 0.4) is 0 Å². The second-order valence-corrected chi connectivity index (χ2v) is 12.8. The van der Waals surface area contributed by atoms with Crippen LogP contribution in [-0.2, 0) is 32.5 Å². The number of alkyl halides is 3. The highest BCUT2D eigenvalue weighted by molar-refractivity contribution is 7.53. The standard InChI is InChI=1S/C29H36F3N6O6P/c1-5-43-45(41,44-6-2)16-17-7-8-21(24(11-17)42-4)35-28-33-12-20(29(30,31)32)26(36-28)34-22-9-10-23(38-13-18(39)14-38)19-15-37(3)27(40)25(19)22/h7-12,18,27,39-40H,5-6,13-16H2,1-4H3,(H2,33,34,35,36). The quantitative estimate of drug-likeness (QED) is 0.187. The third-order valence-corrected chi connectivity index (χ3v) is 9.56. The molecule has 0 radical (unpaired) electrons. The molecule has 3 heterocycles. The molecule has 1 aromatic heterocycles. The van der Waals surface area contributed by atoms with Crippen molar-refractivity contribution in [1.82, 2.24) is 14.9 Å². The van der Waals surface area contributed by atoms with Gasteiger partial charge in [0, 0.05) is 42.8 Å². The second-order valence-electron chi connectivity index (χ2n) is 10.7. The SMILES string of the molecule is CCOP(=O)(Cc1ccc(Nc2ncc(C(F)(F)F)c(Nc3ccc(N4CC(O)C4)c4c3C(O)N(C)C4)n2)c(OC)c1)OCC. The summed E-state index contributed by atoms with van der Waals surface area (Å²) in [6, 6.07) is 8.25. The Kier molecular flexibility index (Phi) is 9.59. The molecule has 0 spiro atoms. The van der Waals surface area contributed by atoms with Crippen LogP contribution in [0.4, 0.5) is 42.0 Å². The fourth-order valence-corrected chi connectivity index (χ4v) is 7.09. The number of benzene rings is 2. The molecule has 1 atom stereocenters. The minimum Gasteiger partial charge on any atom is -0.495 e. The van der Waals surface area contributed by atoms with E-state index in [1.54, 1.807) is 56.1 Å². The van der Waals surface area contributed by atoms with Gasteiger partial charge in [-0.1, -0.05) is 6.07 Å². The normalized spacial score (nSPS) is 17.3. The average Bonchev–Trinajstić information content (AvgIpc) is 3.26. The smallest absolute Gasteiger partial charge is 0.421 e. The number of aromatic nitrogens is 2. The summed E-state index contributed by atoms with van der Waals surface area (Å²) in [5.74, 6) is -0.354. The van der Waals surface area contributed by atoms with E-state index in [-0.39, 0.29) is 31.0 Å². The van der Waals surface area contributed by atoms with E-state index in [0.717, 1.165) is 11.3 Å². The van der Waals surface area contributed by atoms with Crippen molar-refractivity contribution in [2.45, 2.75) is 45.1 Å². The molecule has 1 unspecified atom stereocenters. The number of rotatable bonds is 12. The van der Waals surface area contributed by atoms with Crippen LogP contribution in [-0.4, -0.2) is 71.6 Å². The van der Waals surface area contributed by atoms with Gasteiger partial charge in [-0.25, -0.2) is 4.98 Å². The summed E-state index contributed by atoms with van der Waals surface area (Å²) < 4.78 is 71.5. The maximum atomic E-state index is 14.1. The predicted octanol–water partition coefficient (Wildman–Crippen LogP) is 5.37. The van der Waals surface area contributed by atoms with Crippen molar-refractivity contribution in [2.75, 3.05) is 56.0 Å². The lowest BCUT2D eigenvalue weighted by atomic mass is 10.0. The monoisotopic (exact) mass is 652 g/mol. The van der Waals surface area contributed by atoms with Gasteiger partial charge in [-0.2, -0.15) is 18.2 Å². The number of anilines is 5. The fourth-order valence-electron chi connectivity index (χ4n) is 5.40. The van der Waals surface area contributed by atoms with Gasteiger partial charge in [-0.3, -0.25) is 9.46 Å². The lowest BCUT2D eigenvalue weighted by Gasteiger charge is -2.39. The van der Waals surface area contributed by atoms with Gasteiger partial charge in [-0.05, 0) is 56.3 Å². The highest BCUT2D eigenvalue weighted by atomic mass is 31.2. The number of nitrogens with zero attached hydrogens (tertiary/aromatic N) is 4. The number of nitrogens with one attached hydrogen (secondary N) is 2. The zero-order chi connectivity index (χ0) is 32.5. The van der Waals surface area contributed by atoms with Crippen LogP contribution >= 0.6 is 7.60 Å². The Bertz CT molecular complexity index is 1580. The first-order chi connectivity index (χ1) is 21.4. The Morgan fingerprint density at radius 2 is 1.76 bits per heavy atom. The Balaban J connectivity index is 1.45. The first kappa shape index (κ1) is 32.9. The summed E-state index contributed by atoms with van der Waals surface area (Å²) in [7, 11) is -0.259. The number of ether oxygens (including phenoxy) is 1. The summed E-state index contributed by atoms with van der Waals surface area (Å²) in [6.07, 6.45) is -5.62. The van der Waals surface area contributed by atoms with Gasteiger partial charge in [0.05, 0.1) is 38.3 Å². The maximum absolute atomic E-state index is 14.1. The number of β-amino-alcohol motifs (C(OH)–C–C–N with tert-alkyl or cyclic N) is 1. The van der Waals surface area contributed by atoms with Gasteiger partial charge in [0.15, 0.2) is 0 Å². The van der Waals surface area contributed by atoms with Gasteiger partial charge >= 0.3 is 13.8 Å². The lowest BCUT2D eigenvalue weighted by molar-refractivity contribution is -0.137. The molecule has 2 aliphatic heterocycles. The van der Waals surface area contributed by atoms with Crippen LogP contribution in [0.2, 0.25) is 0 Å². The van der Waals surface area contributed by atoms with Gasteiger partial charge in [0.1, 0.15) is 23.4 Å². The summed E-state index contributed by atoms with van der Waals surface area (Å²) in [6.45, 7) is 5.09. The average molecular weight is 653 g/mol. The molecule has 0 aliphatic carbocycles. The number of hydrogen-bond donors (Lipinski definition) is 4. The number of methoxy groups -OCH3 is 1. The molecule has 0 amide bonds. The molecule has 2 aliphatic rings. The molecule has 45 heavy (non-hydrogen) atoms. The summed E-state index contributed by atoms with van der Waals surface area (Å²) >= 11 is 0. The largest absolute Gasteiger partial charge is 0.495 e. The molecule has 1 fully saturated rings. The molecule has 12 nitrogen and oxygen atoms in total. The van der Waals surface area contributed by atoms with E-state index in [4.69, 9.17) is 13.8 Å². The molecule has 2 aromatic carbocycles. The molecule has 244 valence electrons. The zero-order valence-electron chi connectivity index (χ0n) is 25.3. The lowest BCUT2D eigenvalue weighted by Crippen LogP contribution is -2.51. The van der Waals surface area contributed by atoms with Crippen LogP contribution in [0, 0.1) is 0 Å². The second kappa shape index (κ2) is 13.1. The molecule has 3 aromatic rings. The summed E-state index contributed by atoms with van der Waals surface area (Å²) in [5, 5.41) is 26.4. The molecule has 16 heteroatoms. The number of fused-ring (bicyclic) bond motifs is 1. The van der Waals surface area contributed by atoms with E-state index in [0.29, 0.717) is 48.4 Å². The molecule has 0 saturated carbocycles. The van der Waals surface area contributed by atoms with Gasteiger partial charge in [0.25, 0.3) is 0 Å². The van der Waals surface area contributed by atoms with Gasteiger partial charge < -0.3 is 39.5 Å². The third-order valence-electron chi connectivity index (χ3n) is 7.51. The Labute approximate surface area is 258 Å². The zero-order valence-corrected chi connectivity index (χ0v) is 26.2. The molecule has 5 rings (SSSR count). The Morgan fingerprint density at radius 3 is 2.38 bits per heavy atom. The number of hydrogen-bond acceptors (Lipinski definition) is 12. The van der Waals surface area contributed by atoms with Crippen LogP contribution in [0.15, 0.2) is 36.5 Å². The molecule has 0 bridgehead atoms. The van der Waals surface area contributed by atoms with E-state index >= 15 is 0 Å². The van der Waals surface area contributed by atoms with Gasteiger partial charge in [0.2, 0.25) is 5.95 Å². The third kappa shape index (κ3) is 7.03. The minimum absolute atomic E-state index is 0.00133. The fraction of sp³-hybridized carbons (Fsp3) is 0.448. The first-order valence-corrected chi connectivity index (χ1v) is 16.1. The van der Waals surface area contributed by atoms with E-state index in [2.05, 4.69) is 20.6 Å². The van der Waals surface area contributed by atoms with E-state index < -0.39 is 37.5 Å². The topological polar surface area (TPSA) is 142 Å². The minimum atomic E-state index is -4.78. The Hall–Kier alpha value is -3.46. The van der Waals surface area contributed by atoms with Crippen molar-refractivity contribution < 1.29 is 41.7 Å². The summed E-state index contributed by atoms with van der Waals surface area (Å²) in [5.41, 5.74) is 2.12. The van der Waals surface area contributed by atoms with E-state index in [1.165, 1.54) is 7.11 Å². The maximum Gasteiger partial charge on any atom is 0.421 e. The van der Waals surface area contributed by atoms with Crippen LogP contribution in [0.1, 0.15) is 42.3 Å². The van der Waals surface area contributed by atoms with Gasteiger partial charge in [-0.15, -0.1) is 0 Å². The van der Waals surface area contributed by atoms with Crippen molar-refractivity contribution in [2.24, 2.45) is 0 Å². The highest BCUT2D eigenvalue weighted by Gasteiger charge is 2.38. The molecule has 1 saturated heterocycles. The van der Waals surface area contributed by atoms with Crippen molar-refractivity contribution in [3.63, 3.8) is 0 Å². The molecular weight excluding hydrogens is 616 g/mol. The number of aliphatic hydroxyl groups is 2. The first-order valence-electron chi connectivity index (χ1n) is 14.4. The van der Waals surface area contributed by atoms with E-state index in [9.17, 15) is 27.9 Å². The summed E-state index contributed by atoms with van der Waals surface area (Å²) in [4.78, 5) is 11.7. The van der Waals surface area contributed by atoms with Crippen LogP contribution < -0.4 is 20.3 Å². The van der Waals surface area contributed by atoms with Crippen molar-refractivity contribution in [3.05, 3.63) is 58.8 Å². The molecular formula is C29H36F3N6O6P. The highest BCUT2D eigenvalue weighted by Crippen LogP contribution is 2.52. The molecule has 4 N–H and O–H groups in total. The van der Waals surface area contributed by atoms with Crippen LogP contribution in [0.5, 0.6) is 5.75 Å². The van der Waals surface area contributed by atoms with Crippen molar-refractivity contribution >= 4 is 36.4 Å². The van der Waals surface area contributed by atoms with Crippen molar-refractivity contribution in [3.8, 4) is 5.75 Å². The van der Waals surface area contributed by atoms with Crippen molar-refractivity contribution in [1.29, 1.82) is 0 Å².